The number of nitrogens with one attached hydrogen (secondary N) is 1. The molecule has 0 unspecified atom stereocenters. The highest BCUT2D eigenvalue weighted by atomic mass is 35.5. The molecule has 2 heterocycles. The van der Waals surface area contributed by atoms with Gasteiger partial charge in [0.2, 0.25) is 5.78 Å². The van der Waals surface area contributed by atoms with Crippen molar-refractivity contribution < 1.29 is 4.79 Å². The van der Waals surface area contributed by atoms with Crippen molar-refractivity contribution in [3.63, 3.8) is 0 Å². The van der Waals surface area contributed by atoms with Gasteiger partial charge >= 0.3 is 0 Å². The van der Waals surface area contributed by atoms with E-state index in [0.29, 0.717) is 16.5 Å². The molecule has 0 saturated carbocycles. The quantitative estimate of drug-likeness (QED) is 0.564. The number of carbonyl (C=O) groups excluding carboxylic acids is 1. The van der Waals surface area contributed by atoms with Crippen LogP contribution in [0.25, 0.3) is 5.78 Å². The number of fused-ring (bicyclic) bond motifs is 1. The van der Waals surface area contributed by atoms with Crippen LogP contribution in [-0.2, 0) is 11.3 Å². The molecule has 3 aromatic rings. The Bertz CT molecular complexity index is 974. The van der Waals surface area contributed by atoms with E-state index in [1.54, 1.807) is 35.8 Å². The van der Waals surface area contributed by atoms with Crippen LogP contribution in [0.1, 0.15) is 11.3 Å². The van der Waals surface area contributed by atoms with E-state index < -0.39 is 0 Å². The number of nitrogens with zero attached hydrogens (tertiary/aromatic N) is 5. The van der Waals surface area contributed by atoms with Crippen LogP contribution in [0.2, 0.25) is 5.02 Å². The fourth-order valence-corrected chi connectivity index (χ4v) is 2.28. The first kappa shape index (κ1) is 15.9. The molecule has 0 fully saturated rings. The lowest BCUT2D eigenvalue weighted by molar-refractivity contribution is -0.121. The number of hydrazone groups is 1. The van der Waals surface area contributed by atoms with Crippen LogP contribution in [0.5, 0.6) is 0 Å². The monoisotopic (exact) mass is 344 g/mol. The molecule has 1 N–H and O–H groups in total. The van der Waals surface area contributed by atoms with E-state index in [9.17, 15) is 9.59 Å². The minimum absolute atomic E-state index is 0.0355. The number of rotatable bonds is 4. The predicted octanol–water partition coefficient (Wildman–Crippen LogP) is 1.00. The number of carbonyl (C=O) groups is 1. The molecule has 0 bridgehead atoms. The smallest absolute Gasteiger partial charge is 0.275 e. The molecule has 3 rings (SSSR count). The van der Waals surface area contributed by atoms with Gasteiger partial charge in [0.05, 0.1) is 6.21 Å². The zero-order chi connectivity index (χ0) is 17.1. The summed E-state index contributed by atoms with van der Waals surface area (Å²) in [6, 6.07) is 8.42. The molecule has 0 aliphatic rings. The summed E-state index contributed by atoms with van der Waals surface area (Å²) in [5.41, 5.74) is 3.55. The Morgan fingerprint density at radius 1 is 1.38 bits per heavy atom. The number of amides is 1. The second kappa shape index (κ2) is 6.63. The zero-order valence-electron chi connectivity index (χ0n) is 12.7. The summed E-state index contributed by atoms with van der Waals surface area (Å²) in [6.07, 6.45) is 2.78. The Morgan fingerprint density at radius 2 is 2.12 bits per heavy atom. The van der Waals surface area contributed by atoms with Crippen LogP contribution in [0.15, 0.2) is 46.6 Å². The van der Waals surface area contributed by atoms with Crippen molar-refractivity contribution in [1.82, 2.24) is 24.6 Å². The highest BCUT2D eigenvalue weighted by molar-refractivity contribution is 6.30. The molecule has 0 radical (unpaired) electrons. The molecule has 8 nitrogen and oxygen atoms in total. The van der Waals surface area contributed by atoms with Crippen molar-refractivity contribution in [2.24, 2.45) is 5.10 Å². The fraction of sp³-hybridized carbons (Fsp3) is 0.133. The lowest BCUT2D eigenvalue weighted by Gasteiger charge is -2.09. The molecule has 24 heavy (non-hydrogen) atoms. The Labute approximate surface area is 141 Å². The second-order valence-electron chi connectivity index (χ2n) is 5.03. The summed E-state index contributed by atoms with van der Waals surface area (Å²) in [4.78, 5) is 27.8. The Hall–Kier alpha value is -3.00. The number of aryl methyl sites for hydroxylation is 1. The third kappa shape index (κ3) is 3.33. The lowest BCUT2D eigenvalue weighted by Crippen LogP contribution is -2.27. The van der Waals surface area contributed by atoms with E-state index >= 15 is 0 Å². The average Bonchev–Trinajstić information content (AvgIpc) is 3.03. The molecule has 1 amide bonds. The minimum Gasteiger partial charge on any atom is -0.305 e. The lowest BCUT2D eigenvalue weighted by atomic mass is 10.2. The van der Waals surface area contributed by atoms with Gasteiger partial charge in [-0.05, 0) is 24.6 Å². The minimum atomic E-state index is -0.350. The van der Waals surface area contributed by atoms with Gasteiger partial charge in [0, 0.05) is 16.8 Å². The van der Waals surface area contributed by atoms with Crippen LogP contribution in [-0.4, -0.2) is 31.3 Å². The van der Waals surface area contributed by atoms with Gasteiger partial charge in [0.1, 0.15) is 12.9 Å². The Kier molecular flexibility index (Phi) is 4.39. The zero-order valence-corrected chi connectivity index (χ0v) is 13.4. The summed E-state index contributed by atoms with van der Waals surface area (Å²) in [6.45, 7) is 1.69. The second-order valence-corrected chi connectivity index (χ2v) is 5.46. The van der Waals surface area contributed by atoms with Gasteiger partial charge in [-0.3, -0.25) is 9.59 Å². The summed E-state index contributed by atoms with van der Waals surface area (Å²) in [7, 11) is 0. The van der Waals surface area contributed by atoms with E-state index in [4.69, 9.17) is 11.6 Å². The molecule has 9 heteroatoms. The number of aromatic nitrogens is 4. The van der Waals surface area contributed by atoms with Crippen LogP contribution in [0.4, 0.5) is 0 Å². The molecule has 122 valence electrons. The predicted molar refractivity (Wildman–Crippen MR) is 89.2 cm³/mol. The van der Waals surface area contributed by atoms with Gasteiger partial charge in [0.25, 0.3) is 11.5 Å². The molecule has 0 spiro atoms. The third-order valence-corrected chi connectivity index (χ3v) is 3.56. The molecule has 0 atom stereocenters. The van der Waals surface area contributed by atoms with E-state index in [1.165, 1.54) is 18.6 Å². The highest BCUT2D eigenvalue weighted by Crippen LogP contribution is 2.07. The van der Waals surface area contributed by atoms with Gasteiger partial charge in [-0.2, -0.15) is 19.7 Å². The van der Waals surface area contributed by atoms with Gasteiger partial charge in [0.15, 0.2) is 0 Å². The van der Waals surface area contributed by atoms with Gasteiger partial charge in [-0.25, -0.2) is 5.43 Å². The highest BCUT2D eigenvalue weighted by Gasteiger charge is 2.11. The molecule has 0 aliphatic heterocycles. The summed E-state index contributed by atoms with van der Waals surface area (Å²) in [5.74, 6) is -0.0475. The number of hydrogen-bond donors (Lipinski definition) is 1. The summed E-state index contributed by atoms with van der Waals surface area (Å²) >= 11 is 5.80. The van der Waals surface area contributed by atoms with Crippen LogP contribution >= 0.6 is 11.6 Å². The summed E-state index contributed by atoms with van der Waals surface area (Å²) < 4.78 is 2.72. The molecule has 1 aromatic carbocycles. The van der Waals surface area contributed by atoms with Crippen molar-refractivity contribution in [3.05, 3.63) is 63.3 Å². The van der Waals surface area contributed by atoms with Crippen molar-refractivity contribution in [2.45, 2.75) is 13.5 Å². The topological polar surface area (TPSA) is 93.7 Å². The maximum absolute atomic E-state index is 12.1. The fourth-order valence-electron chi connectivity index (χ4n) is 2.15. The van der Waals surface area contributed by atoms with Gasteiger partial charge in [-0.1, -0.05) is 23.7 Å². The molecule has 0 saturated heterocycles. The van der Waals surface area contributed by atoms with Crippen molar-refractivity contribution in [1.29, 1.82) is 0 Å². The molecular formula is C15H13ClN6O2. The van der Waals surface area contributed by atoms with Crippen LogP contribution in [0, 0.1) is 6.92 Å². The SMILES string of the molecule is Cc1cc(=O)n2ncnc2n1CC(=O)N/N=C/c1ccc(Cl)cc1. The Balaban J connectivity index is 1.72. The standard InChI is InChI=1S/C15H13ClN6O2/c1-10-6-14(24)22-15(17-9-19-22)21(10)8-13(23)20-18-7-11-2-4-12(16)5-3-11/h2-7,9H,8H2,1H3,(H,20,23)/b18-7+. The maximum atomic E-state index is 12.1. The molecule has 2 aromatic heterocycles. The molecule has 0 aliphatic carbocycles. The maximum Gasteiger partial charge on any atom is 0.275 e. The van der Waals surface area contributed by atoms with Crippen molar-refractivity contribution >= 4 is 29.5 Å². The normalized spacial score (nSPS) is 11.2. The van der Waals surface area contributed by atoms with Gasteiger partial charge in [-0.15, -0.1) is 0 Å². The number of benzene rings is 1. The Morgan fingerprint density at radius 3 is 2.88 bits per heavy atom. The first-order valence-electron chi connectivity index (χ1n) is 7.02. The molecular weight excluding hydrogens is 332 g/mol. The van der Waals surface area contributed by atoms with Gasteiger partial charge < -0.3 is 4.57 Å². The van der Waals surface area contributed by atoms with Crippen molar-refractivity contribution in [2.75, 3.05) is 0 Å². The van der Waals surface area contributed by atoms with E-state index in [2.05, 4.69) is 20.6 Å². The van der Waals surface area contributed by atoms with Crippen LogP contribution < -0.4 is 11.0 Å². The number of hydrogen-bond acceptors (Lipinski definition) is 5. The first-order valence-corrected chi connectivity index (χ1v) is 7.40. The number of halogens is 1. The van der Waals surface area contributed by atoms with E-state index in [0.717, 1.165) is 10.1 Å². The summed E-state index contributed by atoms with van der Waals surface area (Å²) in [5, 5.41) is 8.36. The first-order chi connectivity index (χ1) is 11.5. The van der Waals surface area contributed by atoms with E-state index in [-0.39, 0.29) is 18.0 Å². The van der Waals surface area contributed by atoms with E-state index in [1.807, 2.05) is 0 Å². The third-order valence-electron chi connectivity index (χ3n) is 3.31. The van der Waals surface area contributed by atoms with Crippen molar-refractivity contribution in [3.8, 4) is 0 Å². The van der Waals surface area contributed by atoms with Crippen LogP contribution in [0.3, 0.4) is 0 Å². The average molecular weight is 345 g/mol. The largest absolute Gasteiger partial charge is 0.305 e.